The number of ether oxygens (including phenoxy) is 1. The van der Waals surface area contributed by atoms with Crippen molar-refractivity contribution in [2.75, 3.05) is 0 Å². The van der Waals surface area contributed by atoms with E-state index >= 15 is 0 Å². The number of halogens is 1. The van der Waals surface area contributed by atoms with Gasteiger partial charge in [0.15, 0.2) is 0 Å². The van der Waals surface area contributed by atoms with E-state index in [9.17, 15) is 4.79 Å². The van der Waals surface area contributed by atoms with E-state index in [2.05, 4.69) is 15.9 Å². The van der Waals surface area contributed by atoms with Crippen LogP contribution in [-0.4, -0.2) is 10.8 Å². The Morgan fingerprint density at radius 2 is 2.07 bits per heavy atom. The van der Waals surface area contributed by atoms with Crippen LogP contribution in [0.3, 0.4) is 0 Å². The molecular formula is C11H13BrO2. The molecule has 0 fully saturated rings. The van der Waals surface area contributed by atoms with Crippen LogP contribution in [0.2, 0.25) is 0 Å². The molecule has 0 N–H and O–H groups in total. The third-order valence-electron chi connectivity index (χ3n) is 1.84. The van der Waals surface area contributed by atoms with Crippen molar-refractivity contribution in [3.05, 3.63) is 35.9 Å². The summed E-state index contributed by atoms with van der Waals surface area (Å²) >= 11 is 3.24. The van der Waals surface area contributed by atoms with Crippen molar-refractivity contribution in [3.63, 3.8) is 0 Å². The molecular weight excluding hydrogens is 244 g/mol. The fourth-order valence-electron chi connectivity index (χ4n) is 0.986. The molecule has 2 nitrogen and oxygen atoms in total. The van der Waals surface area contributed by atoms with E-state index in [1.165, 1.54) is 0 Å². The highest BCUT2D eigenvalue weighted by molar-refractivity contribution is 9.10. The van der Waals surface area contributed by atoms with Crippen LogP contribution in [0.1, 0.15) is 18.9 Å². The molecule has 1 aromatic carbocycles. The summed E-state index contributed by atoms with van der Waals surface area (Å²) in [7, 11) is 0. The Hall–Kier alpha value is -0.830. The Bertz CT molecular complexity index is 285. The molecule has 0 unspecified atom stereocenters. The SMILES string of the molecule is CC[C@@H](Br)C(=O)OCc1ccccc1. The molecule has 0 spiro atoms. The Morgan fingerprint density at radius 1 is 1.43 bits per heavy atom. The summed E-state index contributed by atoms with van der Waals surface area (Å²) in [6, 6.07) is 9.65. The number of carbonyl (C=O) groups is 1. The van der Waals surface area contributed by atoms with Gasteiger partial charge in [-0.15, -0.1) is 0 Å². The molecule has 3 heteroatoms. The molecule has 1 atom stereocenters. The van der Waals surface area contributed by atoms with Gasteiger partial charge in [0.05, 0.1) is 0 Å². The molecule has 76 valence electrons. The van der Waals surface area contributed by atoms with Gasteiger partial charge in [-0.25, -0.2) is 0 Å². The first-order valence-electron chi connectivity index (χ1n) is 4.58. The molecule has 0 radical (unpaired) electrons. The van der Waals surface area contributed by atoms with Crippen LogP contribution in [0.4, 0.5) is 0 Å². The maximum absolute atomic E-state index is 11.3. The Morgan fingerprint density at radius 3 is 2.64 bits per heavy atom. The van der Waals surface area contributed by atoms with Gasteiger partial charge in [-0.2, -0.15) is 0 Å². The van der Waals surface area contributed by atoms with Crippen molar-refractivity contribution in [1.29, 1.82) is 0 Å². The van der Waals surface area contributed by atoms with E-state index in [0.717, 1.165) is 12.0 Å². The van der Waals surface area contributed by atoms with Crippen molar-refractivity contribution >= 4 is 21.9 Å². The van der Waals surface area contributed by atoms with Crippen molar-refractivity contribution < 1.29 is 9.53 Å². The lowest BCUT2D eigenvalue weighted by Gasteiger charge is -2.07. The van der Waals surface area contributed by atoms with Gasteiger partial charge in [0.1, 0.15) is 11.4 Å². The third kappa shape index (κ3) is 3.50. The highest BCUT2D eigenvalue weighted by atomic mass is 79.9. The Labute approximate surface area is 92.4 Å². The molecule has 0 aromatic heterocycles. The lowest BCUT2D eigenvalue weighted by molar-refractivity contribution is -0.144. The van der Waals surface area contributed by atoms with Gasteiger partial charge in [-0.05, 0) is 12.0 Å². The van der Waals surface area contributed by atoms with Crippen LogP contribution >= 0.6 is 15.9 Å². The number of carbonyl (C=O) groups excluding carboxylic acids is 1. The molecule has 0 heterocycles. The maximum Gasteiger partial charge on any atom is 0.320 e. The molecule has 0 saturated heterocycles. The number of benzene rings is 1. The van der Waals surface area contributed by atoms with Crippen molar-refractivity contribution in [1.82, 2.24) is 0 Å². The van der Waals surface area contributed by atoms with Gasteiger partial charge in [-0.3, -0.25) is 4.79 Å². The summed E-state index contributed by atoms with van der Waals surface area (Å²) in [5.41, 5.74) is 1.01. The smallest absolute Gasteiger partial charge is 0.320 e. The van der Waals surface area contributed by atoms with Gasteiger partial charge in [0, 0.05) is 0 Å². The van der Waals surface area contributed by atoms with Gasteiger partial charge < -0.3 is 4.74 Å². The van der Waals surface area contributed by atoms with Crippen LogP contribution in [0.15, 0.2) is 30.3 Å². The molecule has 0 aliphatic rings. The van der Waals surface area contributed by atoms with E-state index in [1.807, 2.05) is 37.3 Å². The van der Waals surface area contributed by atoms with Crippen LogP contribution in [-0.2, 0) is 16.1 Å². The van der Waals surface area contributed by atoms with Crippen molar-refractivity contribution in [3.8, 4) is 0 Å². The quantitative estimate of drug-likeness (QED) is 0.612. The minimum absolute atomic E-state index is 0.189. The van der Waals surface area contributed by atoms with E-state index in [0.29, 0.717) is 6.61 Å². The second-order valence-electron chi connectivity index (χ2n) is 2.97. The highest BCUT2D eigenvalue weighted by Gasteiger charge is 2.13. The molecule has 0 amide bonds. The van der Waals surface area contributed by atoms with Crippen molar-refractivity contribution in [2.24, 2.45) is 0 Å². The Kier molecular flexibility index (Phi) is 4.66. The Balaban J connectivity index is 2.38. The van der Waals surface area contributed by atoms with Gasteiger partial charge in [0.2, 0.25) is 0 Å². The number of hydrogen-bond donors (Lipinski definition) is 0. The zero-order valence-electron chi connectivity index (χ0n) is 8.07. The first-order valence-corrected chi connectivity index (χ1v) is 5.50. The zero-order chi connectivity index (χ0) is 10.4. The van der Waals surface area contributed by atoms with Gasteiger partial charge in [-0.1, -0.05) is 53.2 Å². The van der Waals surface area contributed by atoms with Crippen molar-refractivity contribution in [2.45, 2.75) is 24.8 Å². The fraction of sp³-hybridized carbons (Fsp3) is 0.364. The number of rotatable bonds is 4. The molecule has 1 aromatic rings. The number of hydrogen-bond acceptors (Lipinski definition) is 2. The summed E-state index contributed by atoms with van der Waals surface area (Å²) in [6.45, 7) is 2.28. The lowest BCUT2D eigenvalue weighted by atomic mass is 10.2. The van der Waals surface area contributed by atoms with Crippen LogP contribution in [0, 0.1) is 0 Å². The number of esters is 1. The third-order valence-corrected chi connectivity index (χ3v) is 2.86. The minimum atomic E-state index is -0.198. The lowest BCUT2D eigenvalue weighted by Crippen LogP contribution is -2.16. The van der Waals surface area contributed by atoms with Gasteiger partial charge >= 0.3 is 5.97 Å². The average molecular weight is 257 g/mol. The number of alkyl halides is 1. The summed E-state index contributed by atoms with van der Waals surface area (Å²) in [5.74, 6) is -0.198. The van der Waals surface area contributed by atoms with E-state index < -0.39 is 0 Å². The summed E-state index contributed by atoms with van der Waals surface area (Å²) < 4.78 is 5.09. The highest BCUT2D eigenvalue weighted by Crippen LogP contribution is 2.08. The minimum Gasteiger partial charge on any atom is -0.460 e. The summed E-state index contributed by atoms with van der Waals surface area (Å²) in [5, 5.41) is 0. The first-order chi connectivity index (χ1) is 6.74. The molecule has 0 aliphatic carbocycles. The van der Waals surface area contributed by atoms with Gasteiger partial charge in [0.25, 0.3) is 0 Å². The predicted octanol–water partition coefficient (Wildman–Crippen LogP) is 2.90. The first kappa shape index (κ1) is 11.2. The van der Waals surface area contributed by atoms with E-state index in [4.69, 9.17) is 4.74 Å². The molecule has 14 heavy (non-hydrogen) atoms. The monoisotopic (exact) mass is 256 g/mol. The maximum atomic E-state index is 11.3. The largest absolute Gasteiger partial charge is 0.460 e. The zero-order valence-corrected chi connectivity index (χ0v) is 9.66. The van der Waals surface area contributed by atoms with Crippen LogP contribution in [0.5, 0.6) is 0 Å². The van der Waals surface area contributed by atoms with Crippen LogP contribution < -0.4 is 0 Å². The molecule has 0 aliphatic heterocycles. The molecule has 0 bridgehead atoms. The molecule has 0 saturated carbocycles. The van der Waals surface area contributed by atoms with E-state index in [-0.39, 0.29) is 10.8 Å². The summed E-state index contributed by atoms with van der Waals surface area (Å²) in [4.78, 5) is 11.1. The standard InChI is InChI=1S/C11H13BrO2/c1-2-10(12)11(13)14-8-9-6-4-3-5-7-9/h3-7,10H,2,8H2,1H3/t10-/m1/s1. The summed E-state index contributed by atoms with van der Waals surface area (Å²) in [6.07, 6.45) is 0.744. The normalized spacial score (nSPS) is 12.1. The topological polar surface area (TPSA) is 26.3 Å². The predicted molar refractivity (Wildman–Crippen MR) is 59.2 cm³/mol. The van der Waals surface area contributed by atoms with Crippen LogP contribution in [0.25, 0.3) is 0 Å². The average Bonchev–Trinajstić information content (AvgIpc) is 2.26. The fourth-order valence-corrected chi connectivity index (χ4v) is 1.12. The van der Waals surface area contributed by atoms with E-state index in [1.54, 1.807) is 0 Å². The second-order valence-corrected chi connectivity index (χ2v) is 4.07. The molecule has 1 rings (SSSR count). The second kappa shape index (κ2) is 5.81.